The van der Waals surface area contributed by atoms with Crippen molar-refractivity contribution in [1.82, 2.24) is 4.98 Å². The molecule has 12 aromatic rings. The van der Waals surface area contributed by atoms with Crippen molar-refractivity contribution in [2.24, 2.45) is 0 Å². The first-order chi connectivity index (χ1) is 28.7. The molecule has 58 heavy (non-hydrogen) atoms. The molecule has 0 aliphatic carbocycles. The molecule has 0 aliphatic rings. The summed E-state index contributed by atoms with van der Waals surface area (Å²) in [5, 5.41) is 8.26. The lowest BCUT2D eigenvalue weighted by Gasteiger charge is -2.26. The highest BCUT2D eigenvalue weighted by Gasteiger charge is 2.20. The highest BCUT2D eigenvalue weighted by molar-refractivity contribution is 7.26. The van der Waals surface area contributed by atoms with Crippen LogP contribution in [0.25, 0.3) is 95.9 Å². The number of aromatic nitrogens is 1. The second-order valence-corrected chi connectivity index (χ2v) is 16.8. The summed E-state index contributed by atoms with van der Waals surface area (Å²) in [6, 6.07) is 69.6. The van der Waals surface area contributed by atoms with Crippen LogP contribution in [-0.2, 0) is 0 Å². The van der Waals surface area contributed by atoms with Crippen LogP contribution in [0.1, 0.15) is 0 Å². The molecule has 12 rings (SSSR count). The minimum absolute atomic E-state index is 0.871. The first-order valence-corrected chi connectivity index (χ1v) is 21.1. The predicted octanol–water partition coefficient (Wildman–Crippen LogP) is 16.2. The molecular weight excluding hydrogens is 745 g/mol. The van der Waals surface area contributed by atoms with Gasteiger partial charge in [-0.15, -0.1) is 22.7 Å². The molecular formula is C53H32N2OS2. The fourth-order valence-corrected chi connectivity index (χ4v) is 10.7. The Hall–Kier alpha value is -7.05. The van der Waals surface area contributed by atoms with Crippen LogP contribution in [0.3, 0.4) is 0 Å². The number of thiophene rings is 1. The van der Waals surface area contributed by atoms with Crippen LogP contribution >= 0.6 is 22.7 Å². The first kappa shape index (κ1) is 33.1. The maximum Gasteiger partial charge on any atom is 0.137 e. The van der Waals surface area contributed by atoms with Gasteiger partial charge in [0.15, 0.2) is 0 Å². The van der Waals surface area contributed by atoms with Crippen LogP contribution in [0.2, 0.25) is 0 Å². The zero-order chi connectivity index (χ0) is 38.2. The van der Waals surface area contributed by atoms with E-state index in [-0.39, 0.29) is 0 Å². The van der Waals surface area contributed by atoms with E-state index >= 15 is 0 Å². The number of hydrogen-bond donors (Lipinski definition) is 0. The van der Waals surface area contributed by atoms with E-state index < -0.39 is 0 Å². The molecule has 3 heterocycles. The Bertz CT molecular complexity index is 3500. The molecule has 0 N–H and O–H groups in total. The lowest BCUT2D eigenvalue weighted by atomic mass is 9.98. The monoisotopic (exact) mass is 776 g/mol. The largest absolute Gasteiger partial charge is 0.456 e. The van der Waals surface area contributed by atoms with Gasteiger partial charge in [0.2, 0.25) is 0 Å². The van der Waals surface area contributed by atoms with Crippen molar-refractivity contribution in [3.8, 4) is 32.8 Å². The van der Waals surface area contributed by atoms with Gasteiger partial charge in [0.25, 0.3) is 0 Å². The zero-order valence-electron chi connectivity index (χ0n) is 31.1. The Kier molecular flexibility index (Phi) is 7.58. The lowest BCUT2D eigenvalue weighted by molar-refractivity contribution is 0.669. The van der Waals surface area contributed by atoms with E-state index in [1.54, 1.807) is 11.3 Å². The summed E-state index contributed by atoms with van der Waals surface area (Å²) in [6.07, 6.45) is 0. The molecule has 0 radical (unpaired) electrons. The van der Waals surface area contributed by atoms with Crippen LogP contribution in [0, 0.1) is 0 Å². The third kappa shape index (κ3) is 5.36. The number of fused-ring (bicyclic) bond motifs is 9. The van der Waals surface area contributed by atoms with Crippen LogP contribution in [-0.4, -0.2) is 4.98 Å². The quantitative estimate of drug-likeness (QED) is 0.168. The van der Waals surface area contributed by atoms with Gasteiger partial charge in [0.05, 0.1) is 21.3 Å². The van der Waals surface area contributed by atoms with Crippen molar-refractivity contribution in [2.75, 3.05) is 4.90 Å². The minimum atomic E-state index is 0.871. The van der Waals surface area contributed by atoms with Crippen molar-refractivity contribution in [1.29, 1.82) is 0 Å². The van der Waals surface area contributed by atoms with E-state index in [2.05, 4.69) is 187 Å². The number of para-hydroxylation sites is 1. The van der Waals surface area contributed by atoms with Crippen LogP contribution in [0.5, 0.6) is 0 Å². The predicted molar refractivity (Wildman–Crippen MR) is 248 cm³/mol. The number of hydrogen-bond acceptors (Lipinski definition) is 5. The van der Waals surface area contributed by atoms with Crippen LogP contribution < -0.4 is 4.90 Å². The van der Waals surface area contributed by atoms with Crippen molar-refractivity contribution in [3.05, 3.63) is 194 Å². The Morgan fingerprint density at radius 3 is 1.93 bits per heavy atom. The summed E-state index contributed by atoms with van der Waals surface area (Å²) in [4.78, 5) is 7.53. The van der Waals surface area contributed by atoms with Crippen molar-refractivity contribution < 1.29 is 4.42 Å². The van der Waals surface area contributed by atoms with Gasteiger partial charge in [-0.25, -0.2) is 4.98 Å². The summed E-state index contributed by atoms with van der Waals surface area (Å²) in [5.41, 5.74) is 12.0. The fraction of sp³-hybridized carbons (Fsp3) is 0. The molecule has 0 saturated carbocycles. The van der Waals surface area contributed by atoms with Gasteiger partial charge in [0.1, 0.15) is 16.2 Å². The smallest absolute Gasteiger partial charge is 0.137 e. The zero-order valence-corrected chi connectivity index (χ0v) is 32.7. The van der Waals surface area contributed by atoms with Gasteiger partial charge in [-0.2, -0.15) is 0 Å². The normalized spacial score (nSPS) is 11.8. The lowest BCUT2D eigenvalue weighted by Crippen LogP contribution is -2.10. The van der Waals surface area contributed by atoms with Gasteiger partial charge < -0.3 is 9.32 Å². The number of benzene rings is 9. The van der Waals surface area contributed by atoms with Gasteiger partial charge in [-0.05, 0) is 93.7 Å². The number of anilines is 3. The average Bonchev–Trinajstić information content (AvgIpc) is 4.01. The van der Waals surface area contributed by atoms with Gasteiger partial charge in [-0.3, -0.25) is 0 Å². The highest BCUT2D eigenvalue weighted by atomic mass is 32.1. The molecule has 0 spiro atoms. The topological polar surface area (TPSA) is 29.3 Å². The van der Waals surface area contributed by atoms with Gasteiger partial charge >= 0.3 is 0 Å². The van der Waals surface area contributed by atoms with E-state index in [0.29, 0.717) is 0 Å². The Morgan fingerprint density at radius 2 is 1.09 bits per heavy atom. The molecule has 0 bridgehead atoms. The second-order valence-electron chi connectivity index (χ2n) is 14.7. The molecule has 3 aromatic heterocycles. The molecule has 0 atom stereocenters. The number of thiazole rings is 1. The van der Waals surface area contributed by atoms with E-state index in [4.69, 9.17) is 9.40 Å². The van der Waals surface area contributed by atoms with E-state index in [1.165, 1.54) is 57.9 Å². The third-order valence-corrected chi connectivity index (χ3v) is 13.5. The molecule has 272 valence electrons. The minimum Gasteiger partial charge on any atom is -0.456 e. The Labute approximate surface area is 342 Å². The van der Waals surface area contributed by atoms with Gasteiger partial charge in [0, 0.05) is 42.5 Å². The summed E-state index contributed by atoms with van der Waals surface area (Å²) in [6.45, 7) is 0. The van der Waals surface area contributed by atoms with Crippen LogP contribution in [0.4, 0.5) is 17.1 Å². The van der Waals surface area contributed by atoms with Crippen molar-refractivity contribution >= 4 is 103 Å². The SMILES string of the molecule is c1ccc(-c2nc3c(ccc4sc5cc(-c6ccc(N(c7ccc(-c8cccc9ccccc89)cc7)c7cccc8oc9ccccc9c78)cc6)ccc5c43)s2)cc1. The molecule has 5 heteroatoms. The van der Waals surface area contributed by atoms with Crippen molar-refractivity contribution in [3.63, 3.8) is 0 Å². The average molecular weight is 777 g/mol. The van der Waals surface area contributed by atoms with E-state index in [0.717, 1.165) is 55.1 Å². The molecule has 0 saturated heterocycles. The molecule has 0 amide bonds. The molecule has 9 aromatic carbocycles. The first-order valence-electron chi connectivity index (χ1n) is 19.4. The number of nitrogens with zero attached hydrogens (tertiary/aromatic N) is 2. The third-order valence-electron chi connectivity index (χ3n) is 11.3. The maximum absolute atomic E-state index is 6.38. The summed E-state index contributed by atoms with van der Waals surface area (Å²) < 4.78 is 10.1. The fourth-order valence-electron chi connectivity index (χ4n) is 8.58. The number of rotatable bonds is 6. The van der Waals surface area contributed by atoms with Gasteiger partial charge in [-0.1, -0.05) is 133 Å². The molecule has 0 unspecified atom stereocenters. The van der Waals surface area contributed by atoms with E-state index in [1.807, 2.05) is 23.5 Å². The second kappa shape index (κ2) is 13.3. The van der Waals surface area contributed by atoms with Crippen molar-refractivity contribution in [2.45, 2.75) is 0 Å². The summed E-state index contributed by atoms with van der Waals surface area (Å²) in [7, 11) is 0. The molecule has 0 aliphatic heterocycles. The summed E-state index contributed by atoms with van der Waals surface area (Å²) >= 11 is 3.61. The highest BCUT2D eigenvalue weighted by Crippen LogP contribution is 2.45. The Morgan fingerprint density at radius 1 is 0.414 bits per heavy atom. The molecule has 0 fully saturated rings. The molecule has 3 nitrogen and oxygen atoms in total. The van der Waals surface area contributed by atoms with E-state index in [9.17, 15) is 0 Å². The Balaban J connectivity index is 0.954. The summed E-state index contributed by atoms with van der Waals surface area (Å²) in [5.74, 6) is 0. The standard InChI is InChI=1S/C53H32N2OS2/c1-2-11-36(12-3-1)53-54-52-48(58-53)31-30-47-51(52)43-29-24-37(32-49(43)57-47)33-20-25-38(26-21-33)55(44-17-9-19-46-50(44)42-15-6-7-18-45(42)56-46)39-27-22-35(23-28-39)41-16-8-13-34-10-4-5-14-40(34)41/h1-32H. The van der Waals surface area contributed by atoms with Crippen LogP contribution in [0.15, 0.2) is 199 Å². The maximum atomic E-state index is 6.38. The number of furan rings is 1.